The third kappa shape index (κ3) is 4.44. The molecule has 1 heterocycles. The number of sulfonamides is 1. The molecule has 0 radical (unpaired) electrons. The molecular formula is C18H16F3N3O5S. The van der Waals surface area contributed by atoms with Gasteiger partial charge in [-0.1, -0.05) is 0 Å². The third-order valence-electron chi connectivity index (χ3n) is 4.76. The highest BCUT2D eigenvalue weighted by Crippen LogP contribution is 2.27. The highest BCUT2D eigenvalue weighted by Gasteiger charge is 2.32. The average Bonchev–Trinajstić information content (AvgIpc) is 2.71. The second-order valence-electron chi connectivity index (χ2n) is 6.67. The van der Waals surface area contributed by atoms with Crippen LogP contribution >= 0.6 is 0 Å². The molecule has 1 saturated heterocycles. The minimum absolute atomic E-state index is 0.0248. The summed E-state index contributed by atoms with van der Waals surface area (Å²) >= 11 is 0. The third-order valence-corrected chi connectivity index (χ3v) is 6.66. The number of piperidine rings is 1. The van der Waals surface area contributed by atoms with Crippen LogP contribution in [0.25, 0.3) is 0 Å². The molecule has 8 nitrogen and oxygen atoms in total. The number of anilines is 1. The molecule has 0 aromatic heterocycles. The average molecular weight is 443 g/mol. The number of nitro groups is 1. The van der Waals surface area contributed by atoms with Gasteiger partial charge in [-0.3, -0.25) is 14.9 Å². The minimum Gasteiger partial charge on any atom is -0.326 e. The van der Waals surface area contributed by atoms with Crippen LogP contribution in [0.3, 0.4) is 0 Å². The van der Waals surface area contributed by atoms with E-state index in [0.717, 1.165) is 28.6 Å². The van der Waals surface area contributed by atoms with E-state index in [0.29, 0.717) is 6.07 Å². The monoisotopic (exact) mass is 443 g/mol. The SMILES string of the molecule is O=C(Nc1ccc(F)c([N+](=O)[O-])c1)C1CCN(S(=O)(=O)c2ccc(F)c(F)c2)CC1. The summed E-state index contributed by atoms with van der Waals surface area (Å²) in [6.07, 6.45) is 0.302. The first kappa shape index (κ1) is 21.7. The second-order valence-corrected chi connectivity index (χ2v) is 8.60. The van der Waals surface area contributed by atoms with Gasteiger partial charge in [0.15, 0.2) is 11.6 Å². The first-order valence-corrected chi connectivity index (χ1v) is 10.2. The molecule has 0 spiro atoms. The van der Waals surface area contributed by atoms with Gasteiger partial charge in [0.05, 0.1) is 9.82 Å². The van der Waals surface area contributed by atoms with Crippen molar-refractivity contribution in [3.8, 4) is 0 Å². The van der Waals surface area contributed by atoms with E-state index < -0.39 is 49.9 Å². The lowest BCUT2D eigenvalue weighted by Crippen LogP contribution is -2.41. The van der Waals surface area contributed by atoms with Crippen LogP contribution in [-0.2, 0) is 14.8 Å². The van der Waals surface area contributed by atoms with Crippen LogP contribution < -0.4 is 5.32 Å². The van der Waals surface area contributed by atoms with Gasteiger partial charge in [-0.15, -0.1) is 0 Å². The van der Waals surface area contributed by atoms with Crippen molar-refractivity contribution < 1.29 is 31.3 Å². The molecule has 1 N–H and O–H groups in total. The number of carbonyl (C=O) groups is 1. The summed E-state index contributed by atoms with van der Waals surface area (Å²) in [5, 5.41) is 13.3. The number of benzene rings is 2. The quantitative estimate of drug-likeness (QED) is 0.564. The number of amides is 1. The van der Waals surface area contributed by atoms with E-state index in [1.807, 2.05) is 0 Å². The van der Waals surface area contributed by atoms with Gasteiger partial charge in [0.1, 0.15) is 0 Å². The lowest BCUT2D eigenvalue weighted by Gasteiger charge is -2.30. The molecule has 30 heavy (non-hydrogen) atoms. The Morgan fingerprint density at radius 1 is 1.03 bits per heavy atom. The van der Waals surface area contributed by atoms with Crippen molar-refractivity contribution in [3.63, 3.8) is 0 Å². The topological polar surface area (TPSA) is 110 Å². The van der Waals surface area contributed by atoms with Crippen LogP contribution in [0.5, 0.6) is 0 Å². The van der Waals surface area contributed by atoms with E-state index in [-0.39, 0.29) is 36.5 Å². The molecular weight excluding hydrogens is 427 g/mol. The van der Waals surface area contributed by atoms with Crippen molar-refractivity contribution in [2.24, 2.45) is 5.92 Å². The van der Waals surface area contributed by atoms with Crippen molar-refractivity contribution in [1.82, 2.24) is 4.31 Å². The van der Waals surface area contributed by atoms with Crippen molar-refractivity contribution in [1.29, 1.82) is 0 Å². The van der Waals surface area contributed by atoms with Crippen LogP contribution in [0.4, 0.5) is 24.5 Å². The van der Waals surface area contributed by atoms with E-state index in [9.17, 15) is 36.5 Å². The summed E-state index contributed by atoms with van der Waals surface area (Å²) < 4.78 is 66.1. The van der Waals surface area contributed by atoms with Gasteiger partial charge in [0.2, 0.25) is 21.7 Å². The van der Waals surface area contributed by atoms with Gasteiger partial charge in [0.25, 0.3) is 0 Å². The van der Waals surface area contributed by atoms with Gasteiger partial charge in [-0.05, 0) is 43.2 Å². The van der Waals surface area contributed by atoms with Crippen molar-refractivity contribution in [3.05, 3.63) is 64.0 Å². The summed E-state index contributed by atoms with van der Waals surface area (Å²) in [6.45, 7) is -0.0496. The molecule has 1 aliphatic rings. The van der Waals surface area contributed by atoms with Crippen LogP contribution in [0, 0.1) is 33.5 Å². The smallest absolute Gasteiger partial charge is 0.306 e. The van der Waals surface area contributed by atoms with E-state index in [2.05, 4.69) is 5.32 Å². The fraction of sp³-hybridized carbons (Fsp3) is 0.278. The first-order chi connectivity index (χ1) is 14.1. The number of rotatable bonds is 5. The number of halogens is 3. The summed E-state index contributed by atoms with van der Waals surface area (Å²) in [5.74, 6) is -4.54. The Bertz CT molecular complexity index is 1100. The van der Waals surface area contributed by atoms with Crippen molar-refractivity contribution in [2.75, 3.05) is 18.4 Å². The summed E-state index contributed by atoms with van der Waals surface area (Å²) in [7, 11) is -4.05. The van der Waals surface area contributed by atoms with E-state index >= 15 is 0 Å². The van der Waals surface area contributed by atoms with E-state index in [1.165, 1.54) is 6.07 Å². The Morgan fingerprint density at radius 2 is 1.67 bits per heavy atom. The predicted molar refractivity (Wildman–Crippen MR) is 99.5 cm³/mol. The van der Waals surface area contributed by atoms with Crippen molar-refractivity contribution >= 4 is 27.3 Å². The minimum atomic E-state index is -4.05. The number of carbonyl (C=O) groups excluding carboxylic acids is 1. The molecule has 3 rings (SSSR count). The molecule has 160 valence electrons. The van der Waals surface area contributed by atoms with Gasteiger partial charge >= 0.3 is 5.69 Å². The van der Waals surface area contributed by atoms with Crippen LogP contribution in [-0.4, -0.2) is 36.6 Å². The number of nitrogens with zero attached hydrogens (tertiary/aromatic N) is 2. The maximum Gasteiger partial charge on any atom is 0.306 e. The van der Waals surface area contributed by atoms with Gasteiger partial charge < -0.3 is 5.32 Å². The van der Waals surface area contributed by atoms with Crippen molar-refractivity contribution in [2.45, 2.75) is 17.7 Å². The molecule has 0 bridgehead atoms. The second kappa shape index (κ2) is 8.40. The van der Waals surface area contributed by atoms with Gasteiger partial charge in [0, 0.05) is 30.8 Å². The predicted octanol–water partition coefficient (Wildman–Crippen LogP) is 3.05. The van der Waals surface area contributed by atoms with Crippen LogP contribution in [0.2, 0.25) is 0 Å². The zero-order valence-corrected chi connectivity index (χ0v) is 16.2. The molecule has 1 fully saturated rings. The Hall–Kier alpha value is -2.99. The fourth-order valence-electron chi connectivity index (χ4n) is 3.12. The highest BCUT2D eigenvalue weighted by atomic mass is 32.2. The lowest BCUT2D eigenvalue weighted by atomic mass is 9.97. The molecule has 0 atom stereocenters. The number of hydrogen-bond donors (Lipinski definition) is 1. The highest BCUT2D eigenvalue weighted by molar-refractivity contribution is 7.89. The Kier molecular flexibility index (Phi) is 6.08. The van der Waals surface area contributed by atoms with Gasteiger partial charge in [-0.25, -0.2) is 17.2 Å². The lowest BCUT2D eigenvalue weighted by molar-refractivity contribution is -0.387. The molecule has 0 aliphatic carbocycles. The first-order valence-electron chi connectivity index (χ1n) is 8.79. The maximum absolute atomic E-state index is 13.4. The number of hydrogen-bond acceptors (Lipinski definition) is 5. The molecule has 0 unspecified atom stereocenters. The molecule has 1 aliphatic heterocycles. The van der Waals surface area contributed by atoms with Crippen LogP contribution in [0.1, 0.15) is 12.8 Å². The van der Waals surface area contributed by atoms with Gasteiger partial charge in [-0.2, -0.15) is 8.70 Å². The zero-order chi connectivity index (χ0) is 22.1. The largest absolute Gasteiger partial charge is 0.326 e. The normalized spacial score (nSPS) is 15.7. The molecule has 2 aromatic carbocycles. The standard InChI is InChI=1S/C18H16F3N3O5S/c19-14-4-2-13(10-16(14)21)30(28,29)23-7-5-11(6-8-23)18(25)22-12-1-3-15(20)17(9-12)24(26)27/h1-4,9-11H,5-8H2,(H,22,25). The van der Waals surface area contributed by atoms with E-state index in [1.54, 1.807) is 0 Å². The number of nitro benzene ring substituents is 1. The zero-order valence-electron chi connectivity index (χ0n) is 15.3. The Labute approximate surface area is 169 Å². The van der Waals surface area contributed by atoms with Crippen LogP contribution in [0.15, 0.2) is 41.3 Å². The number of nitrogens with one attached hydrogen (secondary N) is 1. The molecule has 0 saturated carbocycles. The van der Waals surface area contributed by atoms with E-state index in [4.69, 9.17) is 0 Å². The summed E-state index contributed by atoms with van der Waals surface area (Å²) in [6, 6.07) is 5.24. The molecule has 2 aromatic rings. The summed E-state index contributed by atoms with van der Waals surface area (Å²) in [4.78, 5) is 21.9. The summed E-state index contributed by atoms with van der Waals surface area (Å²) in [5.41, 5.74) is -0.731. The molecule has 12 heteroatoms. The Balaban J connectivity index is 1.65. The fourth-order valence-corrected chi connectivity index (χ4v) is 4.60. The Morgan fingerprint density at radius 3 is 2.27 bits per heavy atom. The maximum atomic E-state index is 13.4. The molecule has 1 amide bonds.